The summed E-state index contributed by atoms with van der Waals surface area (Å²) in [6, 6.07) is 23.4. The average molecular weight is 580 g/mol. The smallest absolute Gasteiger partial charge is 0.311 e. The lowest BCUT2D eigenvalue weighted by Crippen LogP contribution is -2.21. The van der Waals surface area contributed by atoms with Gasteiger partial charge in [-0.05, 0) is 54.3 Å². The summed E-state index contributed by atoms with van der Waals surface area (Å²) in [6.45, 7) is 0.635. The highest BCUT2D eigenvalue weighted by molar-refractivity contribution is 6.33. The van der Waals surface area contributed by atoms with E-state index in [-0.39, 0.29) is 23.6 Å². The van der Waals surface area contributed by atoms with Gasteiger partial charge in [0, 0.05) is 18.1 Å². The van der Waals surface area contributed by atoms with E-state index in [0.29, 0.717) is 35.5 Å². The van der Waals surface area contributed by atoms with Crippen molar-refractivity contribution >= 4 is 35.2 Å². The number of carbonyl (C=O) groups excluding carboxylic acids is 4. The van der Waals surface area contributed by atoms with E-state index in [2.05, 4.69) is 5.32 Å². The highest BCUT2D eigenvalue weighted by Crippen LogP contribution is 2.22. The number of imide groups is 1. The Bertz CT molecular complexity index is 1440. The van der Waals surface area contributed by atoms with Crippen molar-refractivity contribution in [2.75, 3.05) is 6.61 Å². The van der Waals surface area contributed by atoms with Crippen LogP contribution in [0.2, 0.25) is 0 Å². The molecule has 0 fully saturated rings. The second-order valence-corrected chi connectivity index (χ2v) is 10.4. The molecule has 1 aliphatic rings. The van der Waals surface area contributed by atoms with Crippen LogP contribution in [0.3, 0.4) is 0 Å². The molecule has 0 bridgehead atoms. The van der Waals surface area contributed by atoms with E-state index in [0.717, 1.165) is 62.7 Å². The molecule has 1 heterocycles. The predicted octanol–water partition coefficient (Wildman–Crippen LogP) is 7.12. The number of rotatable bonds is 17. The summed E-state index contributed by atoms with van der Waals surface area (Å²) >= 11 is 0. The van der Waals surface area contributed by atoms with E-state index in [1.165, 1.54) is 12.2 Å². The first-order chi connectivity index (χ1) is 21.0. The summed E-state index contributed by atoms with van der Waals surface area (Å²) in [5.74, 6) is 0.208. The summed E-state index contributed by atoms with van der Waals surface area (Å²) in [4.78, 5) is 47.4. The monoisotopic (exact) mass is 579 g/mol. The first-order valence-corrected chi connectivity index (χ1v) is 14.9. The second-order valence-electron chi connectivity index (χ2n) is 10.4. The molecule has 4 rings (SSSR count). The van der Waals surface area contributed by atoms with E-state index in [1.807, 2.05) is 42.5 Å². The van der Waals surface area contributed by atoms with Crippen LogP contribution in [-0.2, 0) is 14.4 Å². The highest BCUT2D eigenvalue weighted by Gasteiger charge is 2.21. The third kappa shape index (κ3) is 10.5. The third-order valence-corrected chi connectivity index (χ3v) is 7.06. The van der Waals surface area contributed by atoms with Crippen molar-refractivity contribution in [3.63, 3.8) is 0 Å². The molecule has 0 saturated heterocycles. The molecule has 0 saturated carbocycles. The first-order valence-electron chi connectivity index (χ1n) is 14.9. The van der Waals surface area contributed by atoms with Crippen molar-refractivity contribution in [3.05, 3.63) is 108 Å². The fraction of sp³-hybridized carbons (Fsp3) is 0.278. The molecule has 7 heteroatoms. The van der Waals surface area contributed by atoms with Gasteiger partial charge in [-0.3, -0.25) is 24.5 Å². The number of unbranched alkanes of at least 4 members (excludes halogenated alkanes) is 7. The minimum absolute atomic E-state index is 0.0573. The molecule has 3 aromatic rings. The third-order valence-electron chi connectivity index (χ3n) is 7.06. The summed E-state index contributed by atoms with van der Waals surface area (Å²) in [5.41, 5.74) is 2.57. The number of allylic oxidation sites excluding steroid dienone is 1. The molecule has 7 nitrogen and oxygen atoms in total. The number of amides is 2. The van der Waals surface area contributed by atoms with E-state index in [4.69, 9.17) is 9.47 Å². The lowest BCUT2D eigenvalue weighted by atomic mass is 10.1. The fourth-order valence-electron chi connectivity index (χ4n) is 4.68. The molecule has 2 amide bonds. The van der Waals surface area contributed by atoms with E-state index >= 15 is 0 Å². The maximum atomic E-state index is 12.2. The summed E-state index contributed by atoms with van der Waals surface area (Å²) in [5, 5.41) is 2.25. The Hall–Kier alpha value is -4.78. The number of carbonyl (C=O) groups is 4. The molecule has 0 aromatic heterocycles. The Morgan fingerprint density at radius 2 is 1.33 bits per heavy atom. The molecule has 0 spiro atoms. The van der Waals surface area contributed by atoms with Gasteiger partial charge in [0.1, 0.15) is 11.5 Å². The van der Waals surface area contributed by atoms with Crippen LogP contribution in [0.15, 0.2) is 91.0 Å². The quantitative estimate of drug-likeness (QED) is 0.0457. The maximum absolute atomic E-state index is 12.2. The Morgan fingerprint density at radius 1 is 0.698 bits per heavy atom. The van der Waals surface area contributed by atoms with Crippen molar-refractivity contribution in [1.82, 2.24) is 5.32 Å². The van der Waals surface area contributed by atoms with Crippen molar-refractivity contribution in [3.8, 4) is 11.5 Å². The van der Waals surface area contributed by atoms with E-state index in [1.54, 1.807) is 42.5 Å². The molecule has 0 atom stereocenters. The zero-order valence-corrected chi connectivity index (χ0v) is 24.3. The van der Waals surface area contributed by atoms with Gasteiger partial charge in [0.2, 0.25) is 0 Å². The van der Waals surface area contributed by atoms with Crippen molar-refractivity contribution in [2.24, 2.45) is 0 Å². The number of benzene rings is 3. The largest absolute Gasteiger partial charge is 0.494 e. The van der Waals surface area contributed by atoms with Crippen LogP contribution in [0.1, 0.15) is 79.3 Å². The van der Waals surface area contributed by atoms with Gasteiger partial charge in [0.15, 0.2) is 5.78 Å². The van der Waals surface area contributed by atoms with Crippen LogP contribution in [0.4, 0.5) is 0 Å². The molecular formula is C36H37NO6. The molecule has 1 N–H and O–H groups in total. The predicted molar refractivity (Wildman–Crippen MR) is 167 cm³/mol. The first kappa shape index (κ1) is 31.2. The van der Waals surface area contributed by atoms with Crippen LogP contribution < -0.4 is 14.8 Å². The van der Waals surface area contributed by atoms with Crippen LogP contribution in [0, 0.1) is 0 Å². The van der Waals surface area contributed by atoms with Gasteiger partial charge in [-0.1, -0.05) is 99.2 Å². The second kappa shape index (κ2) is 16.6. The molecule has 3 aromatic carbocycles. The van der Waals surface area contributed by atoms with Crippen molar-refractivity contribution in [1.29, 1.82) is 0 Å². The van der Waals surface area contributed by atoms with Gasteiger partial charge in [-0.2, -0.15) is 0 Å². The van der Waals surface area contributed by atoms with Gasteiger partial charge in [-0.15, -0.1) is 0 Å². The number of hydrogen-bond acceptors (Lipinski definition) is 6. The van der Waals surface area contributed by atoms with Crippen molar-refractivity contribution in [2.45, 2.75) is 57.8 Å². The Kier molecular flexibility index (Phi) is 12.0. The van der Waals surface area contributed by atoms with Gasteiger partial charge >= 0.3 is 5.97 Å². The summed E-state index contributed by atoms with van der Waals surface area (Å²) < 4.78 is 11.2. The minimum Gasteiger partial charge on any atom is -0.494 e. The molecule has 1 aliphatic heterocycles. The summed E-state index contributed by atoms with van der Waals surface area (Å²) in [7, 11) is 0. The molecule has 222 valence electrons. The fourth-order valence-corrected chi connectivity index (χ4v) is 4.68. The van der Waals surface area contributed by atoms with Crippen LogP contribution in [0.25, 0.3) is 11.6 Å². The van der Waals surface area contributed by atoms with Gasteiger partial charge in [-0.25, -0.2) is 0 Å². The van der Waals surface area contributed by atoms with Gasteiger partial charge in [0.05, 0.1) is 12.2 Å². The van der Waals surface area contributed by atoms with Gasteiger partial charge in [0.25, 0.3) is 11.8 Å². The number of esters is 1. The average Bonchev–Trinajstić information content (AvgIpc) is 3.37. The Balaban J connectivity index is 0.989. The number of ketones is 1. The number of nitrogens with one attached hydrogen (secondary N) is 1. The molecule has 0 radical (unpaired) electrons. The lowest BCUT2D eigenvalue weighted by Gasteiger charge is -2.07. The minimum atomic E-state index is -0.385. The van der Waals surface area contributed by atoms with E-state index in [9.17, 15) is 19.2 Å². The van der Waals surface area contributed by atoms with Crippen LogP contribution in [-0.4, -0.2) is 30.2 Å². The summed E-state index contributed by atoms with van der Waals surface area (Å²) in [6.07, 6.45) is 13.4. The zero-order chi connectivity index (χ0) is 30.3. The number of hydrogen-bond donors (Lipinski definition) is 1. The van der Waals surface area contributed by atoms with E-state index < -0.39 is 0 Å². The lowest BCUT2D eigenvalue weighted by molar-refractivity contribution is -0.134. The number of ether oxygens (including phenoxy) is 2. The molecule has 0 aliphatic carbocycles. The van der Waals surface area contributed by atoms with Gasteiger partial charge < -0.3 is 9.47 Å². The SMILES string of the molecule is O=C1C=C(c2ccc(OCCCCCCCCCCC(=O)Oc3ccc(C=CC(=O)c4ccccc4)cc3)cc2)C(=O)N1. The molecular weight excluding hydrogens is 542 g/mol. The topological polar surface area (TPSA) is 98.8 Å². The maximum Gasteiger partial charge on any atom is 0.311 e. The highest BCUT2D eigenvalue weighted by atomic mass is 16.5. The van der Waals surface area contributed by atoms with Crippen LogP contribution >= 0.6 is 0 Å². The standard InChI is InChI=1S/C36H37NO6/c38-33(29-12-8-7-9-13-29)24-17-27-15-20-31(21-16-27)43-35(40)14-10-5-3-1-2-4-6-11-25-42-30-22-18-28(19-23-30)32-26-34(39)37-36(32)41/h7-9,12-13,15-24,26H,1-6,10-11,14,25H2,(H,37,39,41). The van der Waals surface area contributed by atoms with Crippen molar-refractivity contribution < 1.29 is 28.7 Å². The zero-order valence-electron chi connectivity index (χ0n) is 24.3. The molecule has 43 heavy (non-hydrogen) atoms. The normalized spacial score (nSPS) is 12.7. The molecule has 0 unspecified atom stereocenters. The Labute approximate surface area is 252 Å². The Morgan fingerprint density at radius 3 is 1.98 bits per heavy atom. The van der Waals surface area contributed by atoms with Crippen LogP contribution in [0.5, 0.6) is 11.5 Å².